The monoisotopic (exact) mass is 355 g/mol. The van der Waals surface area contributed by atoms with Crippen LogP contribution < -0.4 is 10.1 Å². The molecular formula is C12H13BrF3NO3. The number of ether oxygens (including phenoxy) is 1. The molecule has 2 atom stereocenters. The number of amides is 1. The van der Waals surface area contributed by atoms with E-state index >= 15 is 0 Å². The van der Waals surface area contributed by atoms with Crippen molar-refractivity contribution in [3.05, 3.63) is 28.7 Å². The standard InChI is InChI=1S/C12H13BrF3NO3/c1-7(20-9-4-2-8(13)3-5-9)11(19)17-6-10(18)12(14,15)16/h2-5,7,10,18H,6H2,1H3,(H,17,19). The van der Waals surface area contributed by atoms with Crippen molar-refractivity contribution in [1.82, 2.24) is 5.32 Å². The second kappa shape index (κ2) is 6.94. The first-order chi connectivity index (χ1) is 9.20. The molecule has 1 amide bonds. The zero-order chi connectivity index (χ0) is 15.3. The second-order valence-corrected chi connectivity index (χ2v) is 4.93. The molecule has 20 heavy (non-hydrogen) atoms. The first-order valence-electron chi connectivity index (χ1n) is 5.65. The Morgan fingerprint density at radius 3 is 2.45 bits per heavy atom. The third-order valence-corrected chi connectivity index (χ3v) is 2.87. The van der Waals surface area contributed by atoms with E-state index in [2.05, 4.69) is 15.9 Å². The minimum atomic E-state index is -4.76. The summed E-state index contributed by atoms with van der Waals surface area (Å²) in [5.41, 5.74) is 0. The van der Waals surface area contributed by atoms with Gasteiger partial charge in [-0.15, -0.1) is 0 Å². The Morgan fingerprint density at radius 2 is 1.95 bits per heavy atom. The highest BCUT2D eigenvalue weighted by Gasteiger charge is 2.38. The fourth-order valence-electron chi connectivity index (χ4n) is 1.23. The summed E-state index contributed by atoms with van der Waals surface area (Å²) in [6, 6.07) is 6.62. The fraction of sp³-hybridized carbons (Fsp3) is 0.417. The van der Waals surface area contributed by atoms with Gasteiger partial charge < -0.3 is 15.2 Å². The predicted molar refractivity (Wildman–Crippen MR) is 69.3 cm³/mol. The first kappa shape index (κ1) is 16.8. The second-order valence-electron chi connectivity index (χ2n) is 4.02. The molecule has 0 fully saturated rings. The lowest BCUT2D eigenvalue weighted by Crippen LogP contribution is -2.44. The van der Waals surface area contributed by atoms with Gasteiger partial charge in [-0.25, -0.2) is 0 Å². The molecule has 0 aliphatic heterocycles. The smallest absolute Gasteiger partial charge is 0.416 e. The van der Waals surface area contributed by atoms with E-state index in [0.717, 1.165) is 4.47 Å². The summed E-state index contributed by atoms with van der Waals surface area (Å²) >= 11 is 3.23. The van der Waals surface area contributed by atoms with Crippen LogP contribution in [0.1, 0.15) is 6.92 Å². The summed E-state index contributed by atoms with van der Waals surface area (Å²) in [4.78, 5) is 11.5. The third-order valence-electron chi connectivity index (χ3n) is 2.34. The van der Waals surface area contributed by atoms with Gasteiger partial charge in [0.15, 0.2) is 12.2 Å². The van der Waals surface area contributed by atoms with E-state index < -0.39 is 30.8 Å². The summed E-state index contributed by atoms with van der Waals surface area (Å²) in [6.45, 7) is 0.494. The molecule has 0 spiro atoms. The van der Waals surface area contributed by atoms with Gasteiger partial charge in [-0.3, -0.25) is 4.79 Å². The van der Waals surface area contributed by atoms with Crippen molar-refractivity contribution in [3.63, 3.8) is 0 Å². The zero-order valence-corrected chi connectivity index (χ0v) is 12.0. The number of aliphatic hydroxyl groups is 1. The number of carbonyl (C=O) groups is 1. The fourth-order valence-corrected chi connectivity index (χ4v) is 1.49. The molecule has 1 aromatic rings. The Bertz CT molecular complexity index is 450. The van der Waals surface area contributed by atoms with Crippen LogP contribution in [0, 0.1) is 0 Å². The van der Waals surface area contributed by atoms with Crippen LogP contribution in [0.2, 0.25) is 0 Å². The van der Waals surface area contributed by atoms with E-state index in [1.807, 2.05) is 5.32 Å². The lowest BCUT2D eigenvalue weighted by atomic mass is 10.3. The largest absolute Gasteiger partial charge is 0.481 e. The molecule has 4 nitrogen and oxygen atoms in total. The average molecular weight is 356 g/mol. The predicted octanol–water partition coefficient (Wildman–Crippen LogP) is 2.26. The number of carbonyl (C=O) groups excluding carboxylic acids is 1. The lowest BCUT2D eigenvalue weighted by molar-refractivity contribution is -0.202. The molecule has 0 saturated heterocycles. The van der Waals surface area contributed by atoms with Gasteiger partial charge in [-0.2, -0.15) is 13.2 Å². The number of hydrogen-bond donors (Lipinski definition) is 2. The van der Waals surface area contributed by atoms with Crippen molar-refractivity contribution in [3.8, 4) is 5.75 Å². The molecule has 2 N–H and O–H groups in total. The Labute approximate surface area is 122 Å². The minimum Gasteiger partial charge on any atom is -0.481 e. The van der Waals surface area contributed by atoms with E-state index in [1.54, 1.807) is 24.3 Å². The molecule has 0 aromatic heterocycles. The van der Waals surface area contributed by atoms with Crippen molar-refractivity contribution < 1.29 is 27.8 Å². The molecule has 0 radical (unpaired) electrons. The number of hydrogen-bond acceptors (Lipinski definition) is 3. The Kier molecular flexibility index (Phi) is 5.82. The SMILES string of the molecule is CC(Oc1ccc(Br)cc1)C(=O)NCC(O)C(F)(F)F. The zero-order valence-electron chi connectivity index (χ0n) is 10.4. The molecule has 1 aromatic carbocycles. The maximum Gasteiger partial charge on any atom is 0.416 e. The van der Waals surface area contributed by atoms with Gasteiger partial charge >= 0.3 is 6.18 Å². The van der Waals surface area contributed by atoms with Crippen LogP contribution in [0.5, 0.6) is 5.75 Å². The van der Waals surface area contributed by atoms with Gasteiger partial charge in [-0.1, -0.05) is 15.9 Å². The van der Waals surface area contributed by atoms with Crippen LogP contribution in [-0.2, 0) is 4.79 Å². The number of rotatable bonds is 5. The summed E-state index contributed by atoms with van der Waals surface area (Å²) < 4.78 is 42.2. The highest BCUT2D eigenvalue weighted by Crippen LogP contribution is 2.19. The molecular weight excluding hydrogens is 343 g/mol. The number of halogens is 4. The Hall–Kier alpha value is -1.28. The van der Waals surface area contributed by atoms with Gasteiger partial charge in [0.05, 0.1) is 6.54 Å². The quantitative estimate of drug-likeness (QED) is 0.851. The molecule has 8 heteroatoms. The van der Waals surface area contributed by atoms with Crippen molar-refractivity contribution >= 4 is 21.8 Å². The van der Waals surface area contributed by atoms with E-state index in [1.165, 1.54) is 6.92 Å². The number of alkyl halides is 3. The van der Waals surface area contributed by atoms with Gasteiger partial charge in [-0.05, 0) is 31.2 Å². The normalized spacial score (nSPS) is 14.5. The highest BCUT2D eigenvalue weighted by molar-refractivity contribution is 9.10. The highest BCUT2D eigenvalue weighted by atomic mass is 79.9. The molecule has 0 aliphatic carbocycles. The van der Waals surface area contributed by atoms with Gasteiger partial charge in [0.1, 0.15) is 5.75 Å². The number of nitrogens with one attached hydrogen (secondary N) is 1. The Balaban J connectivity index is 2.45. The Morgan fingerprint density at radius 1 is 1.40 bits per heavy atom. The van der Waals surface area contributed by atoms with Crippen LogP contribution in [0.3, 0.4) is 0 Å². The maximum atomic E-state index is 12.0. The minimum absolute atomic E-state index is 0.409. The maximum absolute atomic E-state index is 12.0. The molecule has 0 saturated carbocycles. The van der Waals surface area contributed by atoms with Crippen molar-refractivity contribution in [1.29, 1.82) is 0 Å². The average Bonchev–Trinajstić information content (AvgIpc) is 2.36. The molecule has 0 heterocycles. The first-order valence-corrected chi connectivity index (χ1v) is 6.44. The molecule has 1 rings (SSSR count). The topological polar surface area (TPSA) is 58.6 Å². The summed E-state index contributed by atoms with van der Waals surface area (Å²) in [7, 11) is 0. The lowest BCUT2D eigenvalue weighted by Gasteiger charge is -2.18. The van der Waals surface area contributed by atoms with E-state index in [0.29, 0.717) is 5.75 Å². The van der Waals surface area contributed by atoms with Crippen LogP contribution in [0.15, 0.2) is 28.7 Å². The van der Waals surface area contributed by atoms with Crippen molar-refractivity contribution in [2.45, 2.75) is 25.3 Å². The third kappa shape index (κ3) is 5.38. The molecule has 112 valence electrons. The summed E-state index contributed by atoms with van der Waals surface area (Å²) in [6.07, 6.45) is -8.33. The molecule has 2 unspecified atom stereocenters. The number of benzene rings is 1. The van der Waals surface area contributed by atoms with Gasteiger partial charge in [0.2, 0.25) is 0 Å². The van der Waals surface area contributed by atoms with E-state index in [4.69, 9.17) is 9.84 Å². The summed E-state index contributed by atoms with van der Waals surface area (Å²) in [5, 5.41) is 10.7. The molecule has 0 aliphatic rings. The van der Waals surface area contributed by atoms with E-state index in [9.17, 15) is 18.0 Å². The van der Waals surface area contributed by atoms with Crippen LogP contribution in [-0.4, -0.2) is 35.9 Å². The van der Waals surface area contributed by atoms with Crippen molar-refractivity contribution in [2.75, 3.05) is 6.54 Å². The molecule has 0 bridgehead atoms. The van der Waals surface area contributed by atoms with Crippen LogP contribution in [0.4, 0.5) is 13.2 Å². The van der Waals surface area contributed by atoms with Crippen molar-refractivity contribution in [2.24, 2.45) is 0 Å². The van der Waals surface area contributed by atoms with Crippen LogP contribution >= 0.6 is 15.9 Å². The van der Waals surface area contributed by atoms with Gasteiger partial charge in [0, 0.05) is 4.47 Å². The van der Waals surface area contributed by atoms with Gasteiger partial charge in [0.25, 0.3) is 5.91 Å². The van der Waals surface area contributed by atoms with Crippen LogP contribution in [0.25, 0.3) is 0 Å². The van der Waals surface area contributed by atoms with E-state index in [-0.39, 0.29) is 0 Å². The summed E-state index contributed by atoms with van der Waals surface area (Å²) in [5.74, 6) is -0.330. The number of aliphatic hydroxyl groups excluding tert-OH is 1.